The summed E-state index contributed by atoms with van der Waals surface area (Å²) in [6.45, 7) is 0.599. The lowest BCUT2D eigenvalue weighted by Crippen LogP contribution is -2.22. The Balaban J connectivity index is 1.94. The maximum Gasteiger partial charge on any atom is 0.193 e. The minimum Gasteiger partial charge on any atom is -0.370 e. The molecule has 3 N–H and O–H groups in total. The Morgan fingerprint density at radius 3 is 2.65 bits per heavy atom. The van der Waals surface area contributed by atoms with Crippen molar-refractivity contribution in [3.8, 4) is 0 Å². The normalized spacial score (nSPS) is 11.5. The average Bonchev–Trinajstić information content (AvgIpc) is 2.74. The Morgan fingerprint density at radius 2 is 2.00 bits per heavy atom. The summed E-state index contributed by atoms with van der Waals surface area (Å²) >= 11 is 5.08. The van der Waals surface area contributed by atoms with Crippen LogP contribution in [0.2, 0.25) is 0 Å². The van der Waals surface area contributed by atoms with Gasteiger partial charge in [0.25, 0.3) is 0 Å². The second-order valence-electron chi connectivity index (χ2n) is 3.40. The number of benzene rings is 1. The molecule has 17 heavy (non-hydrogen) atoms. The largest absolute Gasteiger partial charge is 0.370 e. The first-order valence-corrected chi connectivity index (χ1v) is 6.71. The van der Waals surface area contributed by atoms with Gasteiger partial charge in [0.15, 0.2) is 5.96 Å². The Hall–Kier alpha value is -1.33. The summed E-state index contributed by atoms with van der Waals surface area (Å²) in [4.78, 5) is 5.45. The van der Waals surface area contributed by atoms with Gasteiger partial charge >= 0.3 is 0 Å². The first-order valence-electron chi connectivity index (χ1n) is 5.10. The van der Waals surface area contributed by atoms with Crippen LogP contribution in [0, 0.1) is 0 Å². The predicted octanol–water partition coefficient (Wildman–Crippen LogP) is 3.44. The maximum atomic E-state index is 5.79. The van der Waals surface area contributed by atoms with Gasteiger partial charge in [-0.2, -0.15) is 0 Å². The second kappa shape index (κ2) is 5.84. The highest BCUT2D eigenvalue weighted by molar-refractivity contribution is 9.11. The van der Waals surface area contributed by atoms with Crippen LogP contribution < -0.4 is 11.1 Å². The number of anilines is 1. The van der Waals surface area contributed by atoms with Crippen molar-refractivity contribution in [2.45, 2.75) is 6.54 Å². The summed E-state index contributed by atoms with van der Waals surface area (Å²) in [5.74, 6) is 0.431. The van der Waals surface area contributed by atoms with Crippen LogP contribution in [0.15, 0.2) is 51.2 Å². The van der Waals surface area contributed by atoms with E-state index in [2.05, 4.69) is 26.2 Å². The van der Waals surface area contributed by atoms with E-state index in [1.165, 1.54) is 4.88 Å². The predicted molar refractivity (Wildman–Crippen MR) is 77.4 cm³/mol. The van der Waals surface area contributed by atoms with Crippen molar-refractivity contribution in [2.75, 3.05) is 5.32 Å². The van der Waals surface area contributed by atoms with Gasteiger partial charge in [-0.05, 0) is 40.2 Å². The van der Waals surface area contributed by atoms with Crippen LogP contribution >= 0.6 is 27.3 Å². The Morgan fingerprint density at radius 1 is 1.24 bits per heavy atom. The molecule has 5 heteroatoms. The molecule has 0 aliphatic heterocycles. The van der Waals surface area contributed by atoms with Gasteiger partial charge in [-0.15, -0.1) is 11.3 Å². The number of nitrogens with zero attached hydrogens (tertiary/aromatic N) is 1. The molecule has 2 aromatic rings. The average molecular weight is 310 g/mol. The maximum absolute atomic E-state index is 5.79. The molecule has 1 aromatic heterocycles. The lowest BCUT2D eigenvalue weighted by Gasteiger charge is -2.04. The third-order valence-corrected chi connectivity index (χ3v) is 3.69. The minimum atomic E-state index is 0.431. The van der Waals surface area contributed by atoms with Crippen molar-refractivity contribution in [1.82, 2.24) is 0 Å². The Bertz CT molecular complexity index is 507. The molecular weight excluding hydrogens is 298 g/mol. The zero-order chi connectivity index (χ0) is 12.1. The lowest BCUT2D eigenvalue weighted by molar-refractivity contribution is 1.09. The number of rotatable bonds is 3. The zero-order valence-electron chi connectivity index (χ0n) is 9.06. The molecule has 1 heterocycles. The van der Waals surface area contributed by atoms with Crippen LogP contribution in [0.1, 0.15) is 4.88 Å². The first kappa shape index (κ1) is 12.1. The van der Waals surface area contributed by atoms with Gasteiger partial charge in [0.05, 0.1) is 10.3 Å². The van der Waals surface area contributed by atoms with Crippen LogP contribution in [-0.2, 0) is 6.54 Å². The van der Waals surface area contributed by atoms with Gasteiger partial charge < -0.3 is 11.1 Å². The van der Waals surface area contributed by atoms with E-state index in [-0.39, 0.29) is 0 Å². The highest BCUT2D eigenvalue weighted by atomic mass is 79.9. The molecule has 0 spiro atoms. The van der Waals surface area contributed by atoms with Crippen LogP contribution in [0.4, 0.5) is 5.69 Å². The fourth-order valence-electron chi connectivity index (χ4n) is 1.31. The summed E-state index contributed by atoms with van der Waals surface area (Å²) in [6.07, 6.45) is 0. The van der Waals surface area contributed by atoms with Crippen molar-refractivity contribution < 1.29 is 0 Å². The van der Waals surface area contributed by atoms with Gasteiger partial charge in [0.2, 0.25) is 0 Å². The number of guanidine groups is 1. The number of nitrogens with two attached hydrogens (primary N) is 1. The van der Waals surface area contributed by atoms with Crippen LogP contribution in [-0.4, -0.2) is 5.96 Å². The summed E-state index contributed by atoms with van der Waals surface area (Å²) in [6, 6.07) is 13.8. The summed E-state index contributed by atoms with van der Waals surface area (Å²) in [7, 11) is 0. The van der Waals surface area contributed by atoms with Gasteiger partial charge in [0, 0.05) is 10.6 Å². The number of hydrogen-bond acceptors (Lipinski definition) is 2. The molecule has 88 valence electrons. The molecule has 3 nitrogen and oxygen atoms in total. The molecule has 0 aliphatic carbocycles. The molecular formula is C12H12BrN3S. The van der Waals surface area contributed by atoms with Gasteiger partial charge in [-0.1, -0.05) is 18.2 Å². The zero-order valence-corrected chi connectivity index (χ0v) is 11.5. The highest BCUT2D eigenvalue weighted by Gasteiger charge is 1.97. The van der Waals surface area contributed by atoms with E-state index in [4.69, 9.17) is 5.73 Å². The fraction of sp³-hybridized carbons (Fsp3) is 0.0833. The number of thiophene rings is 1. The third kappa shape index (κ3) is 3.87. The van der Waals surface area contributed by atoms with E-state index in [1.807, 2.05) is 42.5 Å². The van der Waals surface area contributed by atoms with Crippen LogP contribution in [0.25, 0.3) is 0 Å². The molecule has 0 fully saturated rings. The van der Waals surface area contributed by atoms with E-state index in [0.29, 0.717) is 12.5 Å². The molecule has 0 radical (unpaired) electrons. The molecule has 0 saturated carbocycles. The highest BCUT2D eigenvalue weighted by Crippen LogP contribution is 2.22. The van der Waals surface area contributed by atoms with Crippen molar-refractivity contribution in [3.05, 3.63) is 51.1 Å². The Labute approximate surface area is 113 Å². The van der Waals surface area contributed by atoms with E-state index in [1.54, 1.807) is 11.3 Å². The first-order chi connectivity index (χ1) is 8.24. The summed E-state index contributed by atoms with van der Waals surface area (Å²) < 4.78 is 1.11. The number of hydrogen-bond donors (Lipinski definition) is 2. The van der Waals surface area contributed by atoms with Crippen LogP contribution in [0.3, 0.4) is 0 Å². The molecule has 2 rings (SSSR count). The van der Waals surface area contributed by atoms with Crippen molar-refractivity contribution in [2.24, 2.45) is 10.7 Å². The van der Waals surface area contributed by atoms with Crippen molar-refractivity contribution >= 4 is 38.9 Å². The van der Waals surface area contributed by atoms with Crippen molar-refractivity contribution in [3.63, 3.8) is 0 Å². The van der Waals surface area contributed by atoms with Crippen molar-refractivity contribution in [1.29, 1.82) is 0 Å². The molecule has 0 bridgehead atoms. The number of halogens is 1. The van der Waals surface area contributed by atoms with E-state index in [9.17, 15) is 0 Å². The summed E-state index contributed by atoms with van der Waals surface area (Å²) in [5, 5.41) is 3.04. The molecule has 0 aliphatic rings. The topological polar surface area (TPSA) is 50.4 Å². The smallest absolute Gasteiger partial charge is 0.193 e. The quantitative estimate of drug-likeness (QED) is 0.674. The molecule has 0 saturated heterocycles. The molecule has 0 unspecified atom stereocenters. The molecule has 1 aromatic carbocycles. The SMILES string of the molecule is NC(=NCc1ccc(Br)s1)Nc1ccccc1. The monoisotopic (exact) mass is 309 g/mol. The van der Waals surface area contributed by atoms with Crippen LogP contribution in [0.5, 0.6) is 0 Å². The number of para-hydroxylation sites is 1. The second-order valence-corrected chi connectivity index (χ2v) is 5.95. The third-order valence-electron chi connectivity index (χ3n) is 2.08. The van der Waals surface area contributed by atoms with Gasteiger partial charge in [0.1, 0.15) is 0 Å². The van der Waals surface area contributed by atoms with Gasteiger partial charge in [-0.25, -0.2) is 4.99 Å². The fourth-order valence-corrected chi connectivity index (χ4v) is 2.72. The molecule has 0 amide bonds. The minimum absolute atomic E-state index is 0.431. The van der Waals surface area contributed by atoms with E-state index in [0.717, 1.165) is 9.47 Å². The van der Waals surface area contributed by atoms with E-state index < -0.39 is 0 Å². The summed E-state index contributed by atoms with van der Waals surface area (Å²) in [5.41, 5.74) is 6.74. The Kier molecular flexibility index (Phi) is 4.17. The van der Waals surface area contributed by atoms with E-state index >= 15 is 0 Å². The number of aliphatic imine (C=N–C) groups is 1. The lowest BCUT2D eigenvalue weighted by atomic mass is 10.3. The number of nitrogens with one attached hydrogen (secondary N) is 1. The standard InChI is InChI=1S/C12H12BrN3S/c13-11-7-6-10(17-11)8-15-12(14)16-9-4-2-1-3-5-9/h1-7H,8H2,(H3,14,15,16). The van der Waals surface area contributed by atoms with Gasteiger partial charge in [-0.3, -0.25) is 0 Å². The molecule has 0 atom stereocenters.